The summed E-state index contributed by atoms with van der Waals surface area (Å²) in [4.78, 5) is 21.9. The van der Waals surface area contributed by atoms with Gasteiger partial charge in [-0.05, 0) is 12.1 Å². The molecule has 104 valence electrons. The average Bonchev–Trinajstić information content (AvgIpc) is 2.43. The minimum atomic E-state index is -0.811. The van der Waals surface area contributed by atoms with Gasteiger partial charge in [-0.2, -0.15) is 0 Å². The molecule has 0 atom stereocenters. The number of nitrogens with one attached hydrogen (secondary N) is 1. The van der Waals surface area contributed by atoms with Crippen LogP contribution in [0.2, 0.25) is 0 Å². The third-order valence-corrected chi connectivity index (χ3v) is 2.41. The second kappa shape index (κ2) is 6.66. The standard InChI is InChI=1S/C11H14N2O6/c1-19-10-3-2-7(4-9(10)13(17)18)11(16)12-8(5-14)6-15/h2-4,8,14-15H,5-6H2,1H3,(H,12,16). The van der Waals surface area contributed by atoms with Crippen molar-refractivity contribution in [3.8, 4) is 5.75 Å². The van der Waals surface area contributed by atoms with Gasteiger partial charge in [-0.3, -0.25) is 14.9 Å². The van der Waals surface area contributed by atoms with Crippen molar-refractivity contribution in [1.29, 1.82) is 0 Å². The summed E-state index contributed by atoms with van der Waals surface area (Å²) in [5.41, 5.74) is -0.293. The number of aliphatic hydroxyl groups is 2. The minimum Gasteiger partial charge on any atom is -0.490 e. The number of rotatable bonds is 6. The molecule has 0 saturated heterocycles. The Kier molecular flexibility index (Phi) is 5.22. The highest BCUT2D eigenvalue weighted by molar-refractivity contribution is 5.95. The first-order valence-electron chi connectivity index (χ1n) is 5.38. The van der Waals surface area contributed by atoms with Crippen molar-refractivity contribution in [3.63, 3.8) is 0 Å². The van der Waals surface area contributed by atoms with Crippen LogP contribution in [0.1, 0.15) is 10.4 Å². The first kappa shape index (κ1) is 14.9. The average molecular weight is 270 g/mol. The first-order chi connectivity index (χ1) is 9.03. The van der Waals surface area contributed by atoms with Gasteiger partial charge >= 0.3 is 5.69 Å². The van der Waals surface area contributed by atoms with Gasteiger partial charge in [0.15, 0.2) is 5.75 Å². The second-order valence-corrected chi connectivity index (χ2v) is 3.68. The summed E-state index contributed by atoms with van der Waals surface area (Å²) < 4.78 is 4.81. The van der Waals surface area contributed by atoms with E-state index in [1.165, 1.54) is 19.2 Å². The van der Waals surface area contributed by atoms with Crippen LogP contribution in [-0.2, 0) is 0 Å². The SMILES string of the molecule is COc1ccc(C(=O)NC(CO)CO)cc1[N+](=O)[O-]. The molecule has 19 heavy (non-hydrogen) atoms. The fourth-order valence-electron chi connectivity index (χ4n) is 1.39. The molecule has 0 aliphatic rings. The maximum atomic E-state index is 11.8. The molecule has 0 aromatic heterocycles. The Hall–Kier alpha value is -2.19. The predicted molar refractivity (Wildman–Crippen MR) is 65.1 cm³/mol. The number of carbonyl (C=O) groups is 1. The number of hydrogen-bond acceptors (Lipinski definition) is 6. The molecular formula is C11H14N2O6. The normalized spacial score (nSPS) is 10.3. The number of hydrogen-bond donors (Lipinski definition) is 3. The summed E-state index contributed by atoms with van der Waals surface area (Å²) in [7, 11) is 1.29. The number of aliphatic hydroxyl groups excluding tert-OH is 2. The summed E-state index contributed by atoms with van der Waals surface area (Å²) in [5.74, 6) is -0.582. The van der Waals surface area contributed by atoms with Gasteiger partial charge in [-0.15, -0.1) is 0 Å². The molecule has 1 aromatic carbocycles. The van der Waals surface area contributed by atoms with E-state index in [2.05, 4.69) is 5.32 Å². The zero-order valence-corrected chi connectivity index (χ0v) is 10.2. The Morgan fingerprint density at radius 2 is 2.11 bits per heavy atom. The van der Waals surface area contributed by atoms with Crippen LogP contribution in [0.25, 0.3) is 0 Å². The summed E-state index contributed by atoms with van der Waals surface area (Å²) in [6, 6.07) is 2.92. The van der Waals surface area contributed by atoms with E-state index in [0.717, 1.165) is 6.07 Å². The van der Waals surface area contributed by atoms with Crippen molar-refractivity contribution >= 4 is 11.6 Å². The smallest absolute Gasteiger partial charge is 0.311 e. The topological polar surface area (TPSA) is 122 Å². The highest BCUT2D eigenvalue weighted by Gasteiger charge is 2.19. The van der Waals surface area contributed by atoms with Crippen molar-refractivity contribution in [2.45, 2.75) is 6.04 Å². The number of ether oxygens (including phenoxy) is 1. The lowest BCUT2D eigenvalue weighted by Gasteiger charge is -2.13. The fraction of sp³-hybridized carbons (Fsp3) is 0.364. The van der Waals surface area contributed by atoms with Crippen LogP contribution in [0.5, 0.6) is 5.75 Å². The van der Waals surface area contributed by atoms with Crippen molar-refractivity contribution < 1.29 is 24.7 Å². The quantitative estimate of drug-likeness (QED) is 0.481. The van der Waals surface area contributed by atoms with Crippen molar-refractivity contribution in [1.82, 2.24) is 5.32 Å². The highest BCUT2D eigenvalue weighted by Crippen LogP contribution is 2.27. The molecule has 8 heteroatoms. The van der Waals surface area contributed by atoms with E-state index in [0.29, 0.717) is 0 Å². The number of amides is 1. The van der Waals surface area contributed by atoms with Crippen LogP contribution in [0, 0.1) is 10.1 Å². The molecule has 0 aliphatic heterocycles. The lowest BCUT2D eigenvalue weighted by molar-refractivity contribution is -0.385. The zero-order chi connectivity index (χ0) is 14.4. The third kappa shape index (κ3) is 3.63. The summed E-state index contributed by atoms with van der Waals surface area (Å²) >= 11 is 0. The van der Waals surface area contributed by atoms with Crippen molar-refractivity contribution in [3.05, 3.63) is 33.9 Å². The van der Waals surface area contributed by atoms with Gasteiger partial charge in [0.05, 0.1) is 31.3 Å². The molecule has 1 aromatic rings. The Balaban J connectivity index is 2.98. The number of nitrogens with zero attached hydrogens (tertiary/aromatic N) is 1. The van der Waals surface area contributed by atoms with E-state index in [9.17, 15) is 14.9 Å². The number of nitro benzene ring substituents is 1. The number of benzene rings is 1. The van der Waals surface area contributed by atoms with E-state index < -0.39 is 30.1 Å². The lowest BCUT2D eigenvalue weighted by Crippen LogP contribution is -2.40. The molecule has 0 spiro atoms. The van der Waals surface area contributed by atoms with Crippen LogP contribution in [0.15, 0.2) is 18.2 Å². The van der Waals surface area contributed by atoms with Gasteiger partial charge < -0.3 is 20.3 Å². The Morgan fingerprint density at radius 1 is 1.47 bits per heavy atom. The minimum absolute atomic E-state index is 0.0411. The maximum absolute atomic E-state index is 11.8. The largest absolute Gasteiger partial charge is 0.490 e. The molecule has 0 bridgehead atoms. The van der Waals surface area contributed by atoms with Gasteiger partial charge in [-0.25, -0.2) is 0 Å². The lowest BCUT2D eigenvalue weighted by atomic mass is 10.1. The molecule has 3 N–H and O–H groups in total. The van der Waals surface area contributed by atoms with Crippen molar-refractivity contribution in [2.75, 3.05) is 20.3 Å². The summed E-state index contributed by atoms with van der Waals surface area (Å²) in [6.45, 7) is -0.860. The molecule has 0 saturated carbocycles. The predicted octanol–water partition coefficient (Wildman–Crippen LogP) is -0.314. The molecular weight excluding hydrogens is 256 g/mol. The van der Waals surface area contributed by atoms with Gasteiger partial charge in [-0.1, -0.05) is 0 Å². The van der Waals surface area contributed by atoms with E-state index in [4.69, 9.17) is 14.9 Å². The van der Waals surface area contributed by atoms with Gasteiger partial charge in [0.2, 0.25) is 0 Å². The number of nitro groups is 1. The molecule has 0 heterocycles. The Labute approximate surface area is 108 Å². The van der Waals surface area contributed by atoms with Crippen LogP contribution in [0.4, 0.5) is 5.69 Å². The van der Waals surface area contributed by atoms with Crippen molar-refractivity contribution in [2.24, 2.45) is 0 Å². The molecule has 0 fully saturated rings. The van der Waals surface area contributed by atoms with E-state index in [-0.39, 0.29) is 17.0 Å². The van der Waals surface area contributed by atoms with Crippen LogP contribution in [0.3, 0.4) is 0 Å². The Bertz CT molecular complexity index is 472. The van der Waals surface area contributed by atoms with Crippen LogP contribution < -0.4 is 10.1 Å². The fourth-order valence-corrected chi connectivity index (χ4v) is 1.39. The molecule has 1 rings (SSSR count). The van der Waals surface area contributed by atoms with E-state index in [1.807, 2.05) is 0 Å². The zero-order valence-electron chi connectivity index (χ0n) is 10.2. The molecule has 0 radical (unpaired) electrons. The summed E-state index contributed by atoms with van der Waals surface area (Å²) in [5, 5.41) is 30.8. The maximum Gasteiger partial charge on any atom is 0.311 e. The second-order valence-electron chi connectivity index (χ2n) is 3.68. The molecule has 8 nitrogen and oxygen atoms in total. The third-order valence-electron chi connectivity index (χ3n) is 2.41. The highest BCUT2D eigenvalue weighted by atomic mass is 16.6. The number of methoxy groups -OCH3 is 1. The molecule has 1 amide bonds. The van der Waals surface area contributed by atoms with Crippen LogP contribution in [-0.4, -0.2) is 47.4 Å². The van der Waals surface area contributed by atoms with Gasteiger partial charge in [0.25, 0.3) is 5.91 Å². The molecule has 0 aliphatic carbocycles. The Morgan fingerprint density at radius 3 is 2.58 bits per heavy atom. The number of carbonyl (C=O) groups excluding carboxylic acids is 1. The van der Waals surface area contributed by atoms with Gasteiger partial charge in [0, 0.05) is 11.6 Å². The van der Waals surface area contributed by atoms with Crippen LogP contribution >= 0.6 is 0 Å². The van der Waals surface area contributed by atoms with E-state index >= 15 is 0 Å². The monoisotopic (exact) mass is 270 g/mol. The molecule has 0 unspecified atom stereocenters. The summed E-state index contributed by atoms with van der Waals surface area (Å²) in [6.07, 6.45) is 0. The van der Waals surface area contributed by atoms with Gasteiger partial charge in [0.1, 0.15) is 0 Å². The van der Waals surface area contributed by atoms with E-state index in [1.54, 1.807) is 0 Å². The first-order valence-corrected chi connectivity index (χ1v) is 5.38.